The molecule has 126 valence electrons. The topological polar surface area (TPSA) is 62.7 Å². The first-order valence-corrected chi connectivity index (χ1v) is 8.59. The van der Waals surface area contributed by atoms with E-state index in [9.17, 15) is 4.79 Å². The SMILES string of the molecule is Cc1ccc(C(=O)N2CCC3(CC2)CC(CCO)CCO3)cn1. The summed E-state index contributed by atoms with van der Waals surface area (Å²) in [5.74, 6) is 0.618. The van der Waals surface area contributed by atoms with Crippen LogP contribution < -0.4 is 0 Å². The molecule has 2 aliphatic rings. The highest BCUT2D eigenvalue weighted by Gasteiger charge is 2.41. The summed E-state index contributed by atoms with van der Waals surface area (Å²) < 4.78 is 6.10. The normalized spacial score (nSPS) is 23.9. The molecule has 0 bridgehead atoms. The number of likely N-dealkylation sites (tertiary alicyclic amines) is 1. The van der Waals surface area contributed by atoms with Gasteiger partial charge in [-0.3, -0.25) is 9.78 Å². The van der Waals surface area contributed by atoms with Crippen molar-refractivity contribution in [3.8, 4) is 0 Å². The van der Waals surface area contributed by atoms with Gasteiger partial charge in [-0.1, -0.05) is 0 Å². The van der Waals surface area contributed by atoms with Gasteiger partial charge in [0, 0.05) is 38.2 Å². The molecule has 5 heteroatoms. The zero-order valence-electron chi connectivity index (χ0n) is 13.8. The molecule has 2 fully saturated rings. The number of piperidine rings is 1. The van der Waals surface area contributed by atoms with Gasteiger partial charge in [-0.2, -0.15) is 0 Å². The van der Waals surface area contributed by atoms with Crippen LogP contribution in [0.3, 0.4) is 0 Å². The number of rotatable bonds is 3. The monoisotopic (exact) mass is 318 g/mol. The summed E-state index contributed by atoms with van der Waals surface area (Å²) in [5, 5.41) is 9.17. The van der Waals surface area contributed by atoms with E-state index in [1.165, 1.54) is 0 Å². The molecular formula is C18H26N2O3. The fraction of sp³-hybridized carbons (Fsp3) is 0.667. The van der Waals surface area contributed by atoms with E-state index in [0.29, 0.717) is 11.5 Å². The second kappa shape index (κ2) is 6.97. The predicted octanol–water partition coefficient (Wildman–Crippen LogP) is 2.17. The molecular weight excluding hydrogens is 292 g/mol. The minimum atomic E-state index is -0.0829. The molecule has 2 aliphatic heterocycles. The summed E-state index contributed by atoms with van der Waals surface area (Å²) >= 11 is 0. The van der Waals surface area contributed by atoms with E-state index in [0.717, 1.165) is 57.5 Å². The first kappa shape index (κ1) is 16.4. The molecule has 23 heavy (non-hydrogen) atoms. The van der Waals surface area contributed by atoms with Gasteiger partial charge in [-0.15, -0.1) is 0 Å². The van der Waals surface area contributed by atoms with Crippen molar-refractivity contribution in [3.63, 3.8) is 0 Å². The van der Waals surface area contributed by atoms with Crippen LogP contribution in [0.4, 0.5) is 0 Å². The Morgan fingerprint density at radius 2 is 2.22 bits per heavy atom. The van der Waals surface area contributed by atoms with E-state index in [1.54, 1.807) is 6.20 Å². The fourth-order valence-electron chi connectivity index (χ4n) is 3.80. The van der Waals surface area contributed by atoms with Crippen LogP contribution in [0.1, 0.15) is 48.2 Å². The maximum Gasteiger partial charge on any atom is 0.255 e. The van der Waals surface area contributed by atoms with E-state index < -0.39 is 0 Å². The molecule has 1 N–H and O–H groups in total. The second-order valence-electron chi connectivity index (χ2n) is 6.88. The lowest BCUT2D eigenvalue weighted by Gasteiger charge is -2.46. The van der Waals surface area contributed by atoms with Crippen molar-refractivity contribution in [1.29, 1.82) is 0 Å². The second-order valence-corrected chi connectivity index (χ2v) is 6.88. The lowest BCUT2D eigenvalue weighted by Crippen LogP contribution is -2.50. The molecule has 2 saturated heterocycles. The predicted molar refractivity (Wildman–Crippen MR) is 87.2 cm³/mol. The van der Waals surface area contributed by atoms with Crippen LogP contribution in [0.5, 0.6) is 0 Å². The molecule has 1 unspecified atom stereocenters. The minimum absolute atomic E-state index is 0.0649. The zero-order chi connectivity index (χ0) is 16.3. The van der Waals surface area contributed by atoms with Crippen LogP contribution in [0, 0.1) is 12.8 Å². The molecule has 1 atom stereocenters. The lowest BCUT2D eigenvalue weighted by atomic mass is 9.78. The maximum absolute atomic E-state index is 12.6. The Labute approximate surface area is 137 Å². The number of amides is 1. The standard InChI is InChI=1S/C18H26N2O3/c1-14-2-3-16(13-19-14)17(22)20-8-6-18(7-9-20)12-15(4-10-21)5-11-23-18/h2-3,13,15,21H,4-12H2,1H3. The Kier molecular flexibility index (Phi) is 4.97. The number of aryl methyl sites for hydroxylation is 1. The summed E-state index contributed by atoms with van der Waals surface area (Å²) in [6.07, 6.45) is 6.36. The summed E-state index contributed by atoms with van der Waals surface area (Å²) in [6, 6.07) is 3.73. The molecule has 1 spiro atoms. The summed E-state index contributed by atoms with van der Waals surface area (Å²) in [7, 11) is 0. The molecule has 0 radical (unpaired) electrons. The largest absolute Gasteiger partial charge is 0.396 e. The van der Waals surface area contributed by atoms with Gasteiger partial charge < -0.3 is 14.7 Å². The number of aromatic nitrogens is 1. The molecule has 5 nitrogen and oxygen atoms in total. The van der Waals surface area contributed by atoms with Gasteiger partial charge in [0.05, 0.1) is 11.2 Å². The van der Waals surface area contributed by atoms with Gasteiger partial charge in [-0.25, -0.2) is 0 Å². The highest BCUT2D eigenvalue weighted by molar-refractivity contribution is 5.94. The van der Waals surface area contributed by atoms with Crippen LogP contribution in [0.2, 0.25) is 0 Å². The number of hydrogen-bond donors (Lipinski definition) is 1. The Morgan fingerprint density at radius 3 is 2.87 bits per heavy atom. The third-order valence-corrected chi connectivity index (χ3v) is 5.25. The fourth-order valence-corrected chi connectivity index (χ4v) is 3.80. The lowest BCUT2D eigenvalue weighted by molar-refractivity contribution is -0.125. The quantitative estimate of drug-likeness (QED) is 0.928. The average Bonchev–Trinajstić information content (AvgIpc) is 2.56. The first-order chi connectivity index (χ1) is 11.1. The molecule has 3 heterocycles. The van der Waals surface area contributed by atoms with Gasteiger partial charge in [0.15, 0.2) is 0 Å². The number of pyridine rings is 1. The minimum Gasteiger partial charge on any atom is -0.396 e. The highest BCUT2D eigenvalue weighted by atomic mass is 16.5. The molecule has 1 amide bonds. The Balaban J connectivity index is 1.59. The number of aliphatic hydroxyl groups is 1. The van der Waals surface area contributed by atoms with Crippen molar-refractivity contribution in [3.05, 3.63) is 29.6 Å². The molecule has 0 aliphatic carbocycles. The number of hydrogen-bond acceptors (Lipinski definition) is 4. The molecule has 1 aromatic rings. The summed E-state index contributed by atoms with van der Waals surface area (Å²) in [6.45, 7) is 4.42. The van der Waals surface area contributed by atoms with Gasteiger partial charge in [0.1, 0.15) is 0 Å². The first-order valence-electron chi connectivity index (χ1n) is 8.59. The number of ether oxygens (including phenoxy) is 1. The van der Waals surface area contributed by atoms with E-state index in [-0.39, 0.29) is 18.1 Å². The number of carbonyl (C=O) groups excluding carboxylic acids is 1. The average molecular weight is 318 g/mol. The van der Waals surface area contributed by atoms with E-state index >= 15 is 0 Å². The van der Waals surface area contributed by atoms with Crippen molar-refractivity contribution in [2.75, 3.05) is 26.3 Å². The zero-order valence-corrected chi connectivity index (χ0v) is 13.8. The number of carbonyl (C=O) groups is 1. The van der Waals surface area contributed by atoms with Crippen molar-refractivity contribution in [1.82, 2.24) is 9.88 Å². The van der Waals surface area contributed by atoms with Gasteiger partial charge in [-0.05, 0) is 57.1 Å². The van der Waals surface area contributed by atoms with Crippen molar-refractivity contribution in [2.45, 2.75) is 44.6 Å². The number of nitrogens with zero attached hydrogens (tertiary/aromatic N) is 2. The van der Waals surface area contributed by atoms with Gasteiger partial charge >= 0.3 is 0 Å². The highest BCUT2D eigenvalue weighted by Crippen LogP contribution is 2.38. The third-order valence-electron chi connectivity index (χ3n) is 5.25. The van der Waals surface area contributed by atoms with E-state index in [1.807, 2.05) is 24.0 Å². The van der Waals surface area contributed by atoms with Gasteiger partial charge in [0.2, 0.25) is 0 Å². The molecule has 0 saturated carbocycles. The number of aliphatic hydroxyl groups excluding tert-OH is 1. The van der Waals surface area contributed by atoms with E-state index in [2.05, 4.69) is 4.98 Å². The van der Waals surface area contributed by atoms with Crippen LogP contribution in [-0.2, 0) is 4.74 Å². The van der Waals surface area contributed by atoms with Crippen LogP contribution in [0.25, 0.3) is 0 Å². The van der Waals surface area contributed by atoms with Crippen LogP contribution in [-0.4, -0.2) is 52.8 Å². The van der Waals surface area contributed by atoms with Crippen molar-refractivity contribution < 1.29 is 14.6 Å². The van der Waals surface area contributed by atoms with E-state index in [4.69, 9.17) is 9.84 Å². The molecule has 0 aromatic carbocycles. The molecule has 1 aromatic heterocycles. The van der Waals surface area contributed by atoms with Crippen LogP contribution >= 0.6 is 0 Å². The Morgan fingerprint density at radius 1 is 1.43 bits per heavy atom. The Bertz CT molecular complexity index is 534. The Hall–Kier alpha value is -1.46. The van der Waals surface area contributed by atoms with Crippen LogP contribution in [0.15, 0.2) is 18.3 Å². The maximum atomic E-state index is 12.6. The summed E-state index contributed by atoms with van der Waals surface area (Å²) in [5.41, 5.74) is 1.50. The summed E-state index contributed by atoms with van der Waals surface area (Å²) in [4.78, 5) is 18.7. The third kappa shape index (κ3) is 3.72. The van der Waals surface area contributed by atoms with Gasteiger partial charge in [0.25, 0.3) is 5.91 Å². The molecule has 3 rings (SSSR count). The van der Waals surface area contributed by atoms with Crippen molar-refractivity contribution >= 4 is 5.91 Å². The smallest absolute Gasteiger partial charge is 0.255 e. The van der Waals surface area contributed by atoms with Crippen molar-refractivity contribution in [2.24, 2.45) is 5.92 Å².